The lowest BCUT2D eigenvalue weighted by Crippen LogP contribution is -2.44. The van der Waals surface area contributed by atoms with E-state index in [1.807, 2.05) is 0 Å². The first-order chi connectivity index (χ1) is 14.0. The maximum absolute atomic E-state index is 13.1. The van der Waals surface area contributed by atoms with E-state index in [9.17, 15) is 31.1 Å². The Bertz CT molecular complexity index is 747. The van der Waals surface area contributed by atoms with Crippen molar-refractivity contribution in [2.24, 2.45) is 5.92 Å². The molecular formula is C19H23F6N3O2. The number of ether oxygens (including phenoxy) is 1. The summed E-state index contributed by atoms with van der Waals surface area (Å²) in [5, 5.41) is 2.48. The Balaban J connectivity index is 1.74. The maximum atomic E-state index is 13.1. The minimum absolute atomic E-state index is 0.0103. The average Bonchev–Trinajstić information content (AvgIpc) is 2.67. The molecule has 1 N–H and O–H groups in total. The second-order valence-corrected chi connectivity index (χ2v) is 7.49. The first-order valence-electron chi connectivity index (χ1n) is 9.67. The predicted molar refractivity (Wildman–Crippen MR) is 98.3 cm³/mol. The Morgan fingerprint density at radius 1 is 1.10 bits per heavy atom. The van der Waals surface area contributed by atoms with Crippen molar-refractivity contribution < 1.29 is 35.9 Å². The molecule has 2 aliphatic heterocycles. The molecule has 30 heavy (non-hydrogen) atoms. The summed E-state index contributed by atoms with van der Waals surface area (Å²) in [5.74, 6) is -2.15. The van der Waals surface area contributed by atoms with Gasteiger partial charge in [-0.3, -0.25) is 9.69 Å². The van der Waals surface area contributed by atoms with Gasteiger partial charge in [0, 0.05) is 19.6 Å². The van der Waals surface area contributed by atoms with Crippen LogP contribution in [0.5, 0.6) is 0 Å². The molecule has 168 valence electrons. The molecule has 2 saturated heterocycles. The van der Waals surface area contributed by atoms with Crippen LogP contribution in [0.1, 0.15) is 18.4 Å². The average molecular weight is 439 g/mol. The van der Waals surface area contributed by atoms with Gasteiger partial charge in [-0.25, -0.2) is 0 Å². The summed E-state index contributed by atoms with van der Waals surface area (Å²) in [6.45, 7) is 1.43. The van der Waals surface area contributed by atoms with Gasteiger partial charge in [0.05, 0.1) is 42.6 Å². The molecule has 0 radical (unpaired) electrons. The van der Waals surface area contributed by atoms with Crippen LogP contribution in [0.15, 0.2) is 18.2 Å². The van der Waals surface area contributed by atoms with Crippen molar-refractivity contribution in [2.75, 3.05) is 56.2 Å². The molecule has 1 unspecified atom stereocenters. The number of rotatable bonds is 4. The number of alkyl halides is 6. The number of benzene rings is 1. The van der Waals surface area contributed by atoms with E-state index in [-0.39, 0.29) is 25.2 Å². The van der Waals surface area contributed by atoms with Gasteiger partial charge in [0.25, 0.3) is 0 Å². The van der Waals surface area contributed by atoms with E-state index >= 15 is 0 Å². The Labute approximate surface area is 170 Å². The molecule has 1 amide bonds. The van der Waals surface area contributed by atoms with Gasteiger partial charge in [-0.2, -0.15) is 26.3 Å². The van der Waals surface area contributed by atoms with Gasteiger partial charge >= 0.3 is 12.4 Å². The summed E-state index contributed by atoms with van der Waals surface area (Å²) < 4.78 is 83.6. The maximum Gasteiger partial charge on any atom is 0.416 e. The second kappa shape index (κ2) is 9.01. The Hall–Kier alpha value is -2.01. The van der Waals surface area contributed by atoms with Gasteiger partial charge in [0.15, 0.2) is 0 Å². The van der Waals surface area contributed by atoms with E-state index in [1.165, 1.54) is 11.0 Å². The molecule has 2 heterocycles. The molecule has 0 aliphatic carbocycles. The smallest absolute Gasteiger partial charge is 0.378 e. The number of anilines is 2. The molecule has 0 aromatic heterocycles. The molecule has 1 aromatic carbocycles. The monoisotopic (exact) mass is 439 g/mol. The van der Waals surface area contributed by atoms with Gasteiger partial charge < -0.3 is 15.0 Å². The fourth-order valence-electron chi connectivity index (χ4n) is 3.75. The molecule has 2 fully saturated rings. The van der Waals surface area contributed by atoms with Crippen LogP contribution in [0.4, 0.5) is 37.7 Å². The number of piperidine rings is 1. The Kier molecular flexibility index (Phi) is 6.81. The van der Waals surface area contributed by atoms with Gasteiger partial charge in [0.2, 0.25) is 5.91 Å². The number of nitrogens with one attached hydrogen (secondary N) is 1. The van der Waals surface area contributed by atoms with Crippen molar-refractivity contribution in [2.45, 2.75) is 25.2 Å². The molecule has 11 heteroatoms. The zero-order chi connectivity index (χ0) is 21.9. The summed E-state index contributed by atoms with van der Waals surface area (Å²) >= 11 is 0. The third kappa shape index (κ3) is 5.78. The van der Waals surface area contributed by atoms with Crippen molar-refractivity contribution in [3.8, 4) is 0 Å². The number of morpholine rings is 1. The van der Waals surface area contributed by atoms with Crippen LogP contribution >= 0.6 is 0 Å². The van der Waals surface area contributed by atoms with Gasteiger partial charge in [-0.1, -0.05) is 0 Å². The third-order valence-corrected chi connectivity index (χ3v) is 5.29. The van der Waals surface area contributed by atoms with E-state index in [4.69, 9.17) is 4.74 Å². The molecule has 0 saturated carbocycles. The molecule has 3 rings (SSSR count). The van der Waals surface area contributed by atoms with E-state index in [2.05, 4.69) is 5.32 Å². The van der Waals surface area contributed by atoms with Crippen LogP contribution in [0, 0.1) is 5.92 Å². The number of carbonyl (C=O) groups is 1. The normalized spacial score (nSPS) is 21.5. The van der Waals surface area contributed by atoms with E-state index in [0.717, 1.165) is 12.1 Å². The van der Waals surface area contributed by atoms with Gasteiger partial charge in [-0.05, 0) is 37.6 Å². The van der Waals surface area contributed by atoms with Crippen LogP contribution < -0.4 is 10.2 Å². The van der Waals surface area contributed by atoms with Gasteiger partial charge in [-0.15, -0.1) is 0 Å². The number of amides is 1. The number of carbonyl (C=O) groups excluding carboxylic acids is 1. The topological polar surface area (TPSA) is 44.8 Å². The van der Waals surface area contributed by atoms with Crippen LogP contribution in [0.25, 0.3) is 0 Å². The van der Waals surface area contributed by atoms with Crippen LogP contribution in [-0.4, -0.2) is 62.9 Å². The number of likely N-dealkylation sites (tertiary alicyclic amines) is 1. The molecule has 0 spiro atoms. The van der Waals surface area contributed by atoms with Crippen LogP contribution in [-0.2, 0) is 15.7 Å². The summed E-state index contributed by atoms with van der Waals surface area (Å²) in [4.78, 5) is 15.7. The standard InChI is InChI=1S/C19H23F6N3O2/c20-18(21,22)13-3-4-16(28-6-8-30-9-7-28)15(10-13)26-17(29)12-27-5-1-2-14(11-27)19(23,24)25/h3-4,10,14H,1-2,5-9,11-12H2,(H,26,29). The molecular weight excluding hydrogens is 416 g/mol. The zero-order valence-electron chi connectivity index (χ0n) is 16.2. The lowest BCUT2D eigenvalue weighted by Gasteiger charge is -2.33. The molecule has 0 bridgehead atoms. The molecule has 1 aromatic rings. The Morgan fingerprint density at radius 3 is 2.43 bits per heavy atom. The summed E-state index contributed by atoms with van der Waals surface area (Å²) in [6.07, 6.45) is -8.61. The fourth-order valence-corrected chi connectivity index (χ4v) is 3.75. The van der Waals surface area contributed by atoms with Crippen molar-refractivity contribution in [3.05, 3.63) is 23.8 Å². The zero-order valence-corrected chi connectivity index (χ0v) is 16.2. The predicted octanol–water partition coefficient (Wildman–Crippen LogP) is 3.75. The highest BCUT2D eigenvalue weighted by atomic mass is 19.4. The lowest BCUT2D eigenvalue weighted by atomic mass is 9.97. The minimum atomic E-state index is -4.59. The molecule has 5 nitrogen and oxygen atoms in total. The summed E-state index contributed by atoms with van der Waals surface area (Å²) in [7, 11) is 0. The highest BCUT2D eigenvalue weighted by Crippen LogP contribution is 2.36. The fraction of sp³-hybridized carbons (Fsp3) is 0.632. The van der Waals surface area contributed by atoms with Crippen molar-refractivity contribution in [1.29, 1.82) is 0 Å². The van der Waals surface area contributed by atoms with E-state index in [0.29, 0.717) is 45.0 Å². The lowest BCUT2D eigenvalue weighted by molar-refractivity contribution is -0.186. The number of hydrogen-bond acceptors (Lipinski definition) is 4. The first kappa shape index (κ1) is 22.7. The van der Waals surface area contributed by atoms with Crippen molar-refractivity contribution in [3.63, 3.8) is 0 Å². The molecule has 1 atom stereocenters. The SMILES string of the molecule is O=C(CN1CCCC(C(F)(F)F)C1)Nc1cc(C(F)(F)F)ccc1N1CCOCC1. The first-order valence-corrected chi connectivity index (χ1v) is 9.67. The second-order valence-electron chi connectivity index (χ2n) is 7.49. The van der Waals surface area contributed by atoms with Crippen LogP contribution in [0.2, 0.25) is 0 Å². The Morgan fingerprint density at radius 2 is 1.80 bits per heavy atom. The highest BCUT2D eigenvalue weighted by molar-refractivity contribution is 5.95. The summed E-state index contributed by atoms with van der Waals surface area (Å²) in [6, 6.07) is 3.10. The highest BCUT2D eigenvalue weighted by Gasteiger charge is 2.42. The minimum Gasteiger partial charge on any atom is -0.378 e. The largest absolute Gasteiger partial charge is 0.416 e. The molecule has 2 aliphatic rings. The summed E-state index contributed by atoms with van der Waals surface area (Å²) in [5.41, 5.74) is -0.502. The number of nitrogens with zero attached hydrogens (tertiary/aromatic N) is 2. The number of hydrogen-bond donors (Lipinski definition) is 1. The van der Waals surface area contributed by atoms with E-state index < -0.39 is 29.7 Å². The van der Waals surface area contributed by atoms with Crippen LogP contribution in [0.3, 0.4) is 0 Å². The number of halogens is 6. The van der Waals surface area contributed by atoms with Crippen molar-refractivity contribution in [1.82, 2.24) is 4.90 Å². The third-order valence-electron chi connectivity index (χ3n) is 5.29. The quantitative estimate of drug-likeness (QED) is 0.726. The van der Waals surface area contributed by atoms with E-state index in [1.54, 1.807) is 4.90 Å². The van der Waals surface area contributed by atoms with Crippen molar-refractivity contribution >= 4 is 17.3 Å². The van der Waals surface area contributed by atoms with Gasteiger partial charge in [0.1, 0.15) is 0 Å².